The molecule has 172 valence electrons. The molecule has 2 aromatic carbocycles. The Kier molecular flexibility index (Phi) is 6.03. The van der Waals surface area contributed by atoms with Crippen LogP contribution in [0.2, 0.25) is 0 Å². The number of carbonyl (C=O) groups excluding carboxylic acids is 1. The minimum Gasteiger partial charge on any atom is -0.493 e. The molecule has 4 rings (SSSR count). The Morgan fingerprint density at radius 1 is 1.12 bits per heavy atom. The second-order valence-electron chi connectivity index (χ2n) is 8.07. The van der Waals surface area contributed by atoms with Gasteiger partial charge in [-0.25, -0.2) is 4.39 Å². The molecule has 0 unspecified atom stereocenters. The molecule has 32 heavy (non-hydrogen) atoms. The van der Waals surface area contributed by atoms with Crippen LogP contribution in [0.25, 0.3) is 0 Å². The van der Waals surface area contributed by atoms with Gasteiger partial charge in [0.1, 0.15) is 12.4 Å². The lowest BCUT2D eigenvalue weighted by Gasteiger charge is -2.32. The SMILES string of the molecule is COc1cc(C(=O)N2CC[C@@]3(c4ccc(F)cc4)C[C@H]3C2)ccc1OCCOC(F)(F)F. The van der Waals surface area contributed by atoms with E-state index in [-0.39, 0.29) is 35.2 Å². The second kappa shape index (κ2) is 8.61. The molecule has 1 aliphatic carbocycles. The van der Waals surface area contributed by atoms with Crippen molar-refractivity contribution in [2.45, 2.75) is 24.6 Å². The van der Waals surface area contributed by atoms with Crippen LogP contribution in [0.4, 0.5) is 17.6 Å². The zero-order chi connectivity index (χ0) is 22.9. The van der Waals surface area contributed by atoms with Gasteiger partial charge in [-0.05, 0) is 54.7 Å². The maximum Gasteiger partial charge on any atom is 0.522 e. The van der Waals surface area contributed by atoms with Crippen LogP contribution in [0.15, 0.2) is 42.5 Å². The number of ether oxygens (including phenoxy) is 3. The summed E-state index contributed by atoms with van der Waals surface area (Å²) in [4.78, 5) is 14.8. The molecule has 0 N–H and O–H groups in total. The summed E-state index contributed by atoms with van der Waals surface area (Å²) in [6.07, 6.45) is -2.93. The smallest absolute Gasteiger partial charge is 0.493 e. The zero-order valence-corrected chi connectivity index (χ0v) is 17.5. The van der Waals surface area contributed by atoms with Crippen molar-refractivity contribution in [3.63, 3.8) is 0 Å². The summed E-state index contributed by atoms with van der Waals surface area (Å²) in [6.45, 7) is 0.231. The number of piperidine rings is 1. The maximum absolute atomic E-state index is 13.2. The van der Waals surface area contributed by atoms with E-state index in [1.165, 1.54) is 31.4 Å². The van der Waals surface area contributed by atoms with E-state index in [1.807, 2.05) is 12.1 Å². The van der Waals surface area contributed by atoms with Crippen LogP contribution in [0.5, 0.6) is 11.5 Å². The fraction of sp³-hybridized carbons (Fsp3) is 0.435. The molecule has 2 fully saturated rings. The first-order chi connectivity index (χ1) is 15.2. The predicted octanol–water partition coefficient (Wildman–Crippen LogP) is 4.55. The molecule has 1 saturated carbocycles. The Balaban J connectivity index is 1.37. The summed E-state index contributed by atoms with van der Waals surface area (Å²) in [5, 5.41) is 0. The third kappa shape index (κ3) is 4.67. The van der Waals surface area contributed by atoms with Crippen molar-refractivity contribution in [2.24, 2.45) is 5.92 Å². The Hall–Kier alpha value is -2.81. The lowest BCUT2D eigenvalue weighted by atomic mass is 9.87. The number of likely N-dealkylation sites (tertiary alicyclic amines) is 1. The van der Waals surface area contributed by atoms with Crippen molar-refractivity contribution in [3.8, 4) is 11.5 Å². The second-order valence-corrected chi connectivity index (χ2v) is 8.07. The summed E-state index contributed by atoms with van der Waals surface area (Å²) < 4.78 is 63.6. The highest BCUT2D eigenvalue weighted by Crippen LogP contribution is 2.59. The lowest BCUT2D eigenvalue weighted by molar-refractivity contribution is -0.325. The number of carbonyl (C=O) groups is 1. The van der Waals surface area contributed by atoms with Crippen molar-refractivity contribution < 1.29 is 36.6 Å². The molecule has 0 aromatic heterocycles. The van der Waals surface area contributed by atoms with Crippen LogP contribution < -0.4 is 9.47 Å². The highest BCUT2D eigenvalue weighted by atomic mass is 19.4. The molecule has 9 heteroatoms. The number of alkyl halides is 3. The van der Waals surface area contributed by atoms with Gasteiger partial charge in [0.15, 0.2) is 11.5 Å². The van der Waals surface area contributed by atoms with Crippen molar-refractivity contribution in [1.29, 1.82) is 0 Å². The first kappa shape index (κ1) is 22.4. The summed E-state index contributed by atoms with van der Waals surface area (Å²) >= 11 is 0. The van der Waals surface area contributed by atoms with E-state index >= 15 is 0 Å². The van der Waals surface area contributed by atoms with Crippen molar-refractivity contribution >= 4 is 5.91 Å². The number of nitrogens with zero attached hydrogens (tertiary/aromatic N) is 1. The molecule has 1 saturated heterocycles. The van der Waals surface area contributed by atoms with Gasteiger partial charge >= 0.3 is 6.36 Å². The van der Waals surface area contributed by atoms with E-state index in [9.17, 15) is 22.4 Å². The van der Waals surface area contributed by atoms with Gasteiger partial charge in [-0.15, -0.1) is 13.2 Å². The number of hydrogen-bond acceptors (Lipinski definition) is 4. The number of fused-ring (bicyclic) bond motifs is 1. The number of amides is 1. The molecule has 0 spiro atoms. The van der Waals surface area contributed by atoms with Gasteiger partial charge < -0.3 is 14.4 Å². The molecule has 1 heterocycles. The van der Waals surface area contributed by atoms with Crippen molar-refractivity contribution in [2.75, 3.05) is 33.4 Å². The minimum atomic E-state index is -4.71. The summed E-state index contributed by atoms with van der Waals surface area (Å²) in [5.41, 5.74) is 1.56. The van der Waals surface area contributed by atoms with Crippen LogP contribution in [0.3, 0.4) is 0 Å². The van der Waals surface area contributed by atoms with Gasteiger partial charge in [-0.3, -0.25) is 9.53 Å². The highest BCUT2D eigenvalue weighted by molar-refractivity contribution is 5.95. The normalized spacial score (nSPS) is 22.3. The van der Waals surface area contributed by atoms with E-state index in [1.54, 1.807) is 11.0 Å². The maximum atomic E-state index is 13.2. The molecule has 1 aliphatic heterocycles. The predicted molar refractivity (Wildman–Crippen MR) is 107 cm³/mol. The van der Waals surface area contributed by atoms with Gasteiger partial charge in [-0.2, -0.15) is 0 Å². The molecule has 0 radical (unpaired) electrons. The van der Waals surface area contributed by atoms with Gasteiger partial charge in [0.05, 0.1) is 13.7 Å². The van der Waals surface area contributed by atoms with Crippen LogP contribution >= 0.6 is 0 Å². The topological polar surface area (TPSA) is 48.0 Å². The molecule has 2 aromatic rings. The number of rotatable bonds is 7. The van der Waals surface area contributed by atoms with E-state index in [0.29, 0.717) is 24.6 Å². The third-order valence-corrected chi connectivity index (χ3v) is 6.22. The number of halogens is 4. The van der Waals surface area contributed by atoms with E-state index in [4.69, 9.17) is 9.47 Å². The molecule has 2 atom stereocenters. The van der Waals surface area contributed by atoms with Gasteiger partial charge in [0, 0.05) is 24.1 Å². The minimum absolute atomic E-state index is 0.0261. The zero-order valence-electron chi connectivity index (χ0n) is 17.5. The summed E-state index contributed by atoms with van der Waals surface area (Å²) in [7, 11) is 1.39. The van der Waals surface area contributed by atoms with Crippen LogP contribution in [0, 0.1) is 11.7 Å². The molecular formula is C23H23F4NO4. The first-order valence-electron chi connectivity index (χ1n) is 10.3. The van der Waals surface area contributed by atoms with Crippen molar-refractivity contribution in [3.05, 3.63) is 59.4 Å². The lowest BCUT2D eigenvalue weighted by Crippen LogP contribution is -2.40. The standard InChI is InChI=1S/C23H23F4NO4/c1-30-20-12-15(2-7-19(20)31-10-11-32-23(25,26)27)21(29)28-9-8-22(13-17(22)14-28)16-3-5-18(24)6-4-16/h2-7,12,17H,8-11,13-14H2,1H3/t17-,22-/m0/s1. The fourth-order valence-corrected chi connectivity index (χ4v) is 4.49. The fourth-order valence-electron chi connectivity index (χ4n) is 4.49. The number of hydrogen-bond donors (Lipinski definition) is 0. The molecule has 2 aliphatic rings. The van der Waals surface area contributed by atoms with Gasteiger partial charge in [0.25, 0.3) is 5.91 Å². The van der Waals surface area contributed by atoms with Crippen molar-refractivity contribution in [1.82, 2.24) is 4.90 Å². The monoisotopic (exact) mass is 453 g/mol. The van der Waals surface area contributed by atoms with Crippen LogP contribution in [0.1, 0.15) is 28.8 Å². The molecule has 5 nitrogen and oxygen atoms in total. The molecular weight excluding hydrogens is 430 g/mol. The van der Waals surface area contributed by atoms with E-state index < -0.39 is 13.0 Å². The third-order valence-electron chi connectivity index (χ3n) is 6.22. The highest BCUT2D eigenvalue weighted by Gasteiger charge is 2.57. The Labute approximate surface area is 182 Å². The van der Waals surface area contributed by atoms with Gasteiger partial charge in [-0.1, -0.05) is 12.1 Å². The molecule has 1 amide bonds. The number of benzene rings is 2. The van der Waals surface area contributed by atoms with E-state index in [0.717, 1.165) is 18.4 Å². The Bertz CT molecular complexity index is 979. The Morgan fingerprint density at radius 2 is 1.88 bits per heavy atom. The summed E-state index contributed by atoms with van der Waals surface area (Å²) in [6, 6.07) is 11.2. The Morgan fingerprint density at radius 3 is 2.53 bits per heavy atom. The largest absolute Gasteiger partial charge is 0.522 e. The first-order valence-corrected chi connectivity index (χ1v) is 10.3. The quantitative estimate of drug-likeness (QED) is 0.456. The average molecular weight is 453 g/mol. The van der Waals surface area contributed by atoms with Crippen LogP contribution in [-0.2, 0) is 10.2 Å². The number of methoxy groups -OCH3 is 1. The van der Waals surface area contributed by atoms with E-state index in [2.05, 4.69) is 4.74 Å². The molecule has 0 bridgehead atoms. The average Bonchev–Trinajstić information content (AvgIpc) is 3.51. The van der Waals surface area contributed by atoms with Crippen LogP contribution in [-0.4, -0.2) is 50.6 Å². The van der Waals surface area contributed by atoms with Gasteiger partial charge in [0.2, 0.25) is 0 Å². The summed E-state index contributed by atoms with van der Waals surface area (Å²) in [5.74, 6) is 0.417.